The molecule has 0 aliphatic rings. The smallest absolute Gasteiger partial charge is 0.125 e. The first-order valence-electron chi connectivity index (χ1n) is 6.97. The molecule has 0 atom stereocenters. The quantitative estimate of drug-likeness (QED) is 0.866. The number of benzene rings is 1. The van der Waals surface area contributed by atoms with Crippen LogP contribution in [0.15, 0.2) is 18.2 Å². The first-order valence-corrected chi connectivity index (χ1v) is 6.97. The van der Waals surface area contributed by atoms with Crippen LogP contribution in [0.4, 0.5) is 4.39 Å². The van der Waals surface area contributed by atoms with E-state index in [0.717, 1.165) is 42.9 Å². The largest absolute Gasteiger partial charge is 0.327 e. The van der Waals surface area contributed by atoms with Crippen LogP contribution >= 0.6 is 0 Å². The Morgan fingerprint density at radius 2 is 2.16 bits per heavy atom. The second kappa shape index (κ2) is 6.15. The maximum atomic E-state index is 13.3. The molecule has 2 aromatic rings. The van der Waals surface area contributed by atoms with Crippen molar-refractivity contribution in [1.82, 2.24) is 14.9 Å². The molecule has 0 bridgehead atoms. The summed E-state index contributed by atoms with van der Waals surface area (Å²) in [6, 6.07) is 4.83. The van der Waals surface area contributed by atoms with Gasteiger partial charge in [-0.1, -0.05) is 20.8 Å². The molecule has 0 aliphatic carbocycles. The first kappa shape index (κ1) is 14.0. The molecule has 0 amide bonds. The van der Waals surface area contributed by atoms with Gasteiger partial charge >= 0.3 is 0 Å². The molecule has 2 rings (SSSR count). The van der Waals surface area contributed by atoms with E-state index >= 15 is 0 Å². The molecular formula is C15H22FN3. The molecule has 104 valence electrons. The molecule has 0 saturated heterocycles. The van der Waals surface area contributed by atoms with Gasteiger partial charge in [0.05, 0.1) is 17.6 Å². The third kappa shape index (κ3) is 3.32. The zero-order chi connectivity index (χ0) is 13.8. The average Bonchev–Trinajstić information content (AvgIpc) is 2.67. The van der Waals surface area contributed by atoms with Crippen molar-refractivity contribution in [1.29, 1.82) is 0 Å². The minimum atomic E-state index is -0.227. The normalized spacial score (nSPS) is 11.6. The molecule has 1 aromatic heterocycles. The lowest BCUT2D eigenvalue weighted by molar-refractivity contribution is 0.528. The molecule has 1 N–H and O–H groups in total. The topological polar surface area (TPSA) is 29.9 Å². The fraction of sp³-hybridized carbons (Fsp3) is 0.533. The Morgan fingerprint density at radius 1 is 1.37 bits per heavy atom. The fourth-order valence-corrected chi connectivity index (χ4v) is 2.23. The Kier molecular flexibility index (Phi) is 4.53. The zero-order valence-electron chi connectivity index (χ0n) is 11.9. The van der Waals surface area contributed by atoms with Gasteiger partial charge in [-0.3, -0.25) is 0 Å². The number of hydrogen-bond donors (Lipinski definition) is 1. The van der Waals surface area contributed by atoms with Crippen molar-refractivity contribution in [3.63, 3.8) is 0 Å². The van der Waals surface area contributed by atoms with Gasteiger partial charge in [0.15, 0.2) is 0 Å². The molecule has 1 heterocycles. The van der Waals surface area contributed by atoms with E-state index in [0.29, 0.717) is 5.92 Å². The van der Waals surface area contributed by atoms with Gasteiger partial charge in [-0.25, -0.2) is 9.37 Å². The number of nitrogens with zero attached hydrogens (tertiary/aromatic N) is 2. The van der Waals surface area contributed by atoms with E-state index in [1.165, 1.54) is 12.1 Å². The van der Waals surface area contributed by atoms with Gasteiger partial charge in [-0.05, 0) is 31.0 Å². The third-order valence-corrected chi connectivity index (χ3v) is 3.07. The van der Waals surface area contributed by atoms with Crippen LogP contribution in [0.2, 0.25) is 0 Å². The van der Waals surface area contributed by atoms with Crippen molar-refractivity contribution in [2.45, 2.75) is 40.3 Å². The van der Waals surface area contributed by atoms with Crippen molar-refractivity contribution in [2.24, 2.45) is 5.92 Å². The predicted molar refractivity (Wildman–Crippen MR) is 76.5 cm³/mol. The summed E-state index contributed by atoms with van der Waals surface area (Å²) in [7, 11) is 0. The summed E-state index contributed by atoms with van der Waals surface area (Å²) in [4.78, 5) is 4.55. The second-order valence-electron chi connectivity index (χ2n) is 5.34. The summed E-state index contributed by atoms with van der Waals surface area (Å²) in [6.07, 6.45) is 1.04. The molecule has 0 saturated carbocycles. The Hall–Kier alpha value is -1.42. The Balaban J connectivity index is 2.27. The number of aromatic nitrogens is 2. The van der Waals surface area contributed by atoms with E-state index in [9.17, 15) is 4.39 Å². The van der Waals surface area contributed by atoms with Gasteiger partial charge in [0.25, 0.3) is 0 Å². The highest BCUT2D eigenvalue weighted by atomic mass is 19.1. The van der Waals surface area contributed by atoms with Gasteiger partial charge in [0, 0.05) is 12.6 Å². The van der Waals surface area contributed by atoms with Crippen LogP contribution in [-0.2, 0) is 13.1 Å². The molecular weight excluding hydrogens is 241 g/mol. The van der Waals surface area contributed by atoms with Crippen molar-refractivity contribution < 1.29 is 4.39 Å². The molecule has 1 aromatic carbocycles. The van der Waals surface area contributed by atoms with Gasteiger partial charge in [0.2, 0.25) is 0 Å². The van der Waals surface area contributed by atoms with E-state index < -0.39 is 0 Å². The summed E-state index contributed by atoms with van der Waals surface area (Å²) < 4.78 is 15.4. The summed E-state index contributed by atoms with van der Waals surface area (Å²) in [6.45, 7) is 9.11. The monoisotopic (exact) mass is 263 g/mol. The van der Waals surface area contributed by atoms with Gasteiger partial charge in [-0.2, -0.15) is 0 Å². The van der Waals surface area contributed by atoms with E-state index in [-0.39, 0.29) is 5.82 Å². The number of imidazole rings is 1. The molecule has 0 radical (unpaired) electrons. The van der Waals surface area contributed by atoms with E-state index in [2.05, 4.69) is 35.6 Å². The summed E-state index contributed by atoms with van der Waals surface area (Å²) in [5.74, 6) is 1.37. The first-order chi connectivity index (χ1) is 9.11. The molecule has 0 unspecified atom stereocenters. The Morgan fingerprint density at radius 3 is 2.84 bits per heavy atom. The SMILES string of the molecule is CCCn1c(CNCC(C)C)nc2cc(F)ccc21. The van der Waals surface area contributed by atoms with Crippen LogP contribution in [0.1, 0.15) is 33.0 Å². The number of nitrogens with one attached hydrogen (secondary N) is 1. The van der Waals surface area contributed by atoms with Crippen LogP contribution in [0.3, 0.4) is 0 Å². The summed E-state index contributed by atoms with van der Waals surface area (Å²) in [5.41, 5.74) is 1.76. The highest BCUT2D eigenvalue weighted by molar-refractivity contribution is 5.76. The Labute approximate surface area is 113 Å². The van der Waals surface area contributed by atoms with Crippen molar-refractivity contribution in [2.75, 3.05) is 6.54 Å². The van der Waals surface area contributed by atoms with Gasteiger partial charge in [0.1, 0.15) is 11.6 Å². The maximum absolute atomic E-state index is 13.3. The summed E-state index contributed by atoms with van der Waals surface area (Å²) in [5, 5.41) is 3.40. The van der Waals surface area contributed by atoms with E-state index in [1.807, 2.05) is 6.07 Å². The highest BCUT2D eigenvalue weighted by Crippen LogP contribution is 2.18. The lowest BCUT2D eigenvalue weighted by Gasteiger charge is -2.10. The second-order valence-corrected chi connectivity index (χ2v) is 5.34. The standard InChI is InChI=1S/C15H22FN3/c1-4-7-19-14-6-5-12(16)8-13(14)18-15(19)10-17-9-11(2)3/h5-6,8,11,17H,4,7,9-10H2,1-3H3. The maximum Gasteiger partial charge on any atom is 0.125 e. The predicted octanol–water partition coefficient (Wildman–Crippen LogP) is 3.33. The lowest BCUT2D eigenvalue weighted by Crippen LogP contribution is -2.21. The summed E-state index contributed by atoms with van der Waals surface area (Å²) >= 11 is 0. The third-order valence-electron chi connectivity index (χ3n) is 3.07. The van der Waals surface area contributed by atoms with E-state index in [4.69, 9.17) is 0 Å². The minimum absolute atomic E-state index is 0.227. The number of hydrogen-bond acceptors (Lipinski definition) is 2. The van der Waals surface area contributed by atoms with Crippen LogP contribution in [-0.4, -0.2) is 16.1 Å². The van der Waals surface area contributed by atoms with Crippen LogP contribution in [0.25, 0.3) is 11.0 Å². The van der Waals surface area contributed by atoms with Crippen LogP contribution < -0.4 is 5.32 Å². The molecule has 19 heavy (non-hydrogen) atoms. The lowest BCUT2D eigenvalue weighted by atomic mass is 10.2. The molecule has 3 nitrogen and oxygen atoms in total. The number of aryl methyl sites for hydroxylation is 1. The van der Waals surface area contributed by atoms with Crippen LogP contribution in [0, 0.1) is 11.7 Å². The number of rotatable bonds is 6. The Bertz CT molecular complexity index is 546. The van der Waals surface area contributed by atoms with Crippen LogP contribution in [0.5, 0.6) is 0 Å². The fourth-order valence-electron chi connectivity index (χ4n) is 2.23. The molecule has 0 fully saturated rings. The van der Waals surface area contributed by atoms with E-state index in [1.54, 1.807) is 0 Å². The zero-order valence-corrected chi connectivity index (χ0v) is 11.9. The molecule has 4 heteroatoms. The van der Waals surface area contributed by atoms with Gasteiger partial charge in [-0.15, -0.1) is 0 Å². The van der Waals surface area contributed by atoms with Crippen molar-refractivity contribution in [3.05, 3.63) is 29.8 Å². The highest BCUT2D eigenvalue weighted by Gasteiger charge is 2.10. The average molecular weight is 263 g/mol. The molecule has 0 aliphatic heterocycles. The number of fused-ring (bicyclic) bond motifs is 1. The van der Waals surface area contributed by atoms with Gasteiger partial charge < -0.3 is 9.88 Å². The van der Waals surface area contributed by atoms with Crippen molar-refractivity contribution >= 4 is 11.0 Å². The molecule has 0 spiro atoms. The minimum Gasteiger partial charge on any atom is -0.327 e. The van der Waals surface area contributed by atoms with Crippen molar-refractivity contribution in [3.8, 4) is 0 Å². The number of halogens is 1.